The largest absolute Gasteiger partial charge is 0.463 e. The van der Waals surface area contributed by atoms with Gasteiger partial charge in [-0.15, -0.1) is 0 Å². The monoisotopic (exact) mass is 334 g/mol. The van der Waals surface area contributed by atoms with Crippen molar-refractivity contribution in [2.75, 3.05) is 0 Å². The van der Waals surface area contributed by atoms with Crippen LogP contribution in [0.3, 0.4) is 0 Å². The second-order valence-electron chi connectivity index (χ2n) is 5.85. The molecule has 1 aromatic carbocycles. The van der Waals surface area contributed by atoms with Gasteiger partial charge in [-0.3, -0.25) is 14.4 Å². The Balaban J connectivity index is 2.29. The number of hydrogen-bond acceptors (Lipinski definition) is 5. The van der Waals surface area contributed by atoms with Crippen LogP contribution in [-0.2, 0) is 14.3 Å². The van der Waals surface area contributed by atoms with Crippen molar-refractivity contribution < 1.29 is 23.9 Å². The molecule has 0 fully saturated rings. The molecule has 5 nitrogen and oxygen atoms in total. The van der Waals surface area contributed by atoms with Crippen LogP contribution in [0.1, 0.15) is 69.7 Å². The summed E-state index contributed by atoms with van der Waals surface area (Å²) < 4.78 is 10.4. The van der Waals surface area contributed by atoms with Crippen LogP contribution in [-0.4, -0.2) is 23.8 Å². The highest BCUT2D eigenvalue weighted by atomic mass is 16.5. The summed E-state index contributed by atoms with van der Waals surface area (Å²) in [6.07, 6.45) is 3.96. The minimum atomic E-state index is -0.499. The van der Waals surface area contributed by atoms with Crippen LogP contribution in [0.15, 0.2) is 24.3 Å². The summed E-state index contributed by atoms with van der Waals surface area (Å²) in [4.78, 5) is 34.6. The zero-order chi connectivity index (χ0) is 17.9. The lowest BCUT2D eigenvalue weighted by molar-refractivity contribution is -0.151. The summed E-state index contributed by atoms with van der Waals surface area (Å²) in [5.74, 6) is -0.584. The summed E-state index contributed by atoms with van der Waals surface area (Å²) in [6, 6.07) is 6.31. The van der Waals surface area contributed by atoms with Gasteiger partial charge in [-0.25, -0.2) is 0 Å². The SMILES string of the molecule is CCCCCC(C)OC(=O)CCC(=O)Oc1ccc(C(C)=O)cc1. The van der Waals surface area contributed by atoms with Gasteiger partial charge in [0.05, 0.1) is 18.9 Å². The lowest BCUT2D eigenvalue weighted by atomic mass is 10.1. The van der Waals surface area contributed by atoms with Crippen molar-refractivity contribution in [1.29, 1.82) is 0 Å². The molecule has 0 spiro atoms. The number of ether oxygens (including phenoxy) is 2. The number of ketones is 1. The maximum Gasteiger partial charge on any atom is 0.311 e. The molecular weight excluding hydrogens is 308 g/mol. The molecule has 0 radical (unpaired) electrons. The van der Waals surface area contributed by atoms with Crippen LogP contribution in [0.5, 0.6) is 5.75 Å². The topological polar surface area (TPSA) is 69.7 Å². The molecule has 1 atom stereocenters. The van der Waals surface area contributed by atoms with Crippen molar-refractivity contribution in [2.45, 2.75) is 65.4 Å². The molecule has 24 heavy (non-hydrogen) atoms. The fourth-order valence-electron chi connectivity index (χ4n) is 2.17. The summed E-state index contributed by atoms with van der Waals surface area (Å²) in [6.45, 7) is 5.45. The van der Waals surface area contributed by atoms with Gasteiger partial charge in [-0.2, -0.15) is 0 Å². The van der Waals surface area contributed by atoms with Crippen LogP contribution >= 0.6 is 0 Å². The third-order valence-corrected chi connectivity index (χ3v) is 3.57. The molecule has 0 heterocycles. The number of carbonyl (C=O) groups is 3. The lowest BCUT2D eigenvalue weighted by Gasteiger charge is -2.12. The number of carbonyl (C=O) groups excluding carboxylic acids is 3. The minimum Gasteiger partial charge on any atom is -0.463 e. The molecule has 1 aromatic rings. The van der Waals surface area contributed by atoms with E-state index in [-0.39, 0.29) is 30.7 Å². The average molecular weight is 334 g/mol. The first kappa shape index (κ1) is 19.9. The molecule has 132 valence electrons. The first-order valence-electron chi connectivity index (χ1n) is 8.43. The van der Waals surface area contributed by atoms with Gasteiger partial charge in [0.25, 0.3) is 0 Å². The molecule has 0 aliphatic carbocycles. The molecule has 1 unspecified atom stereocenters. The number of rotatable bonds is 10. The van der Waals surface area contributed by atoms with E-state index in [9.17, 15) is 14.4 Å². The number of hydrogen-bond donors (Lipinski definition) is 0. The molecule has 0 amide bonds. The maximum absolute atomic E-state index is 11.7. The lowest BCUT2D eigenvalue weighted by Crippen LogP contribution is -2.17. The van der Waals surface area contributed by atoms with Gasteiger partial charge in [-0.05, 0) is 51.0 Å². The van der Waals surface area contributed by atoms with Crippen LogP contribution < -0.4 is 4.74 Å². The van der Waals surface area contributed by atoms with Gasteiger partial charge in [0.2, 0.25) is 0 Å². The van der Waals surface area contributed by atoms with Crippen LogP contribution in [0, 0.1) is 0 Å². The predicted molar refractivity (Wildman–Crippen MR) is 91.0 cm³/mol. The van der Waals surface area contributed by atoms with E-state index in [1.54, 1.807) is 24.3 Å². The summed E-state index contributed by atoms with van der Waals surface area (Å²) >= 11 is 0. The molecule has 0 aliphatic heterocycles. The zero-order valence-electron chi connectivity index (χ0n) is 14.7. The van der Waals surface area contributed by atoms with Gasteiger partial charge in [0.15, 0.2) is 5.78 Å². The number of Topliss-reactive ketones (excluding diaryl/α,β-unsaturated/α-hetero) is 1. The molecule has 0 saturated carbocycles. The Bertz CT molecular complexity index is 547. The number of benzene rings is 1. The Morgan fingerprint density at radius 3 is 2.21 bits per heavy atom. The Hall–Kier alpha value is -2.17. The first-order valence-corrected chi connectivity index (χ1v) is 8.43. The van der Waals surface area contributed by atoms with E-state index < -0.39 is 5.97 Å². The highest BCUT2D eigenvalue weighted by molar-refractivity contribution is 5.94. The molecule has 0 aromatic heterocycles. The molecule has 0 aliphatic rings. The first-order chi connectivity index (χ1) is 11.4. The minimum absolute atomic E-state index is 0.00246. The second kappa shape index (κ2) is 10.6. The quantitative estimate of drug-likeness (QED) is 0.279. The van der Waals surface area contributed by atoms with Gasteiger partial charge in [0, 0.05) is 5.56 Å². The zero-order valence-corrected chi connectivity index (χ0v) is 14.7. The molecule has 1 rings (SSSR count). The molecule has 0 N–H and O–H groups in total. The van der Waals surface area contributed by atoms with Crippen molar-refractivity contribution >= 4 is 17.7 Å². The number of unbranched alkanes of at least 4 members (excludes halogenated alkanes) is 2. The van der Waals surface area contributed by atoms with E-state index in [0.717, 1.165) is 25.7 Å². The Labute approximate surface area is 143 Å². The molecule has 0 bridgehead atoms. The third-order valence-electron chi connectivity index (χ3n) is 3.57. The Kier molecular flexibility index (Phi) is 8.76. The van der Waals surface area contributed by atoms with Crippen LogP contribution in [0.2, 0.25) is 0 Å². The standard InChI is InChI=1S/C19H26O5/c1-4-5-6-7-14(2)23-18(21)12-13-19(22)24-17-10-8-16(9-11-17)15(3)20/h8-11,14H,4-7,12-13H2,1-3H3. The third kappa shape index (κ3) is 7.90. The van der Waals surface area contributed by atoms with E-state index in [0.29, 0.717) is 11.3 Å². The fraction of sp³-hybridized carbons (Fsp3) is 0.526. The van der Waals surface area contributed by atoms with E-state index in [1.165, 1.54) is 6.92 Å². The molecular formula is C19H26O5. The van der Waals surface area contributed by atoms with Crippen molar-refractivity contribution in [2.24, 2.45) is 0 Å². The van der Waals surface area contributed by atoms with Crippen molar-refractivity contribution in [3.8, 4) is 5.75 Å². The van der Waals surface area contributed by atoms with Gasteiger partial charge in [0.1, 0.15) is 5.75 Å². The van der Waals surface area contributed by atoms with Crippen molar-refractivity contribution in [3.63, 3.8) is 0 Å². The van der Waals surface area contributed by atoms with Gasteiger partial charge < -0.3 is 9.47 Å². The van der Waals surface area contributed by atoms with Crippen LogP contribution in [0.4, 0.5) is 0 Å². The number of esters is 2. The van der Waals surface area contributed by atoms with E-state index in [4.69, 9.17) is 9.47 Å². The summed E-state index contributed by atoms with van der Waals surface area (Å²) in [5.41, 5.74) is 0.551. The maximum atomic E-state index is 11.7. The highest BCUT2D eigenvalue weighted by Crippen LogP contribution is 2.14. The van der Waals surface area contributed by atoms with Crippen molar-refractivity contribution in [3.05, 3.63) is 29.8 Å². The normalized spacial score (nSPS) is 11.6. The Morgan fingerprint density at radius 1 is 1.00 bits per heavy atom. The van der Waals surface area contributed by atoms with E-state index >= 15 is 0 Å². The fourth-order valence-corrected chi connectivity index (χ4v) is 2.17. The molecule has 5 heteroatoms. The van der Waals surface area contributed by atoms with E-state index in [1.807, 2.05) is 6.92 Å². The highest BCUT2D eigenvalue weighted by Gasteiger charge is 2.13. The van der Waals surface area contributed by atoms with Crippen LogP contribution in [0.25, 0.3) is 0 Å². The molecule has 0 saturated heterocycles. The summed E-state index contributed by atoms with van der Waals surface area (Å²) in [5, 5.41) is 0. The average Bonchev–Trinajstić information content (AvgIpc) is 2.53. The smallest absolute Gasteiger partial charge is 0.311 e. The Morgan fingerprint density at radius 2 is 1.62 bits per heavy atom. The van der Waals surface area contributed by atoms with Gasteiger partial charge >= 0.3 is 11.9 Å². The van der Waals surface area contributed by atoms with Crippen molar-refractivity contribution in [1.82, 2.24) is 0 Å². The summed E-state index contributed by atoms with van der Waals surface area (Å²) in [7, 11) is 0. The van der Waals surface area contributed by atoms with E-state index in [2.05, 4.69) is 6.92 Å². The van der Waals surface area contributed by atoms with Gasteiger partial charge in [-0.1, -0.05) is 19.8 Å². The predicted octanol–water partition coefficient (Wildman–Crippen LogP) is 4.09. The second-order valence-corrected chi connectivity index (χ2v) is 5.85.